The Hall–Kier alpha value is -2.86. The van der Waals surface area contributed by atoms with E-state index in [-0.39, 0.29) is 25.5 Å². The molecular weight excluding hydrogens is 354 g/mol. The second-order valence-corrected chi connectivity index (χ2v) is 6.17. The van der Waals surface area contributed by atoms with E-state index >= 15 is 0 Å². The van der Waals surface area contributed by atoms with Crippen molar-refractivity contribution in [1.82, 2.24) is 14.9 Å². The maximum absolute atomic E-state index is 12.2. The van der Waals surface area contributed by atoms with Crippen LogP contribution in [0.2, 0.25) is 5.15 Å². The van der Waals surface area contributed by atoms with Crippen molar-refractivity contribution >= 4 is 34.2 Å². The van der Waals surface area contributed by atoms with Gasteiger partial charge >= 0.3 is 5.97 Å². The molecule has 0 bridgehead atoms. The fraction of sp³-hybridized carbons (Fsp3) is 0.211. The summed E-state index contributed by atoms with van der Waals surface area (Å²) in [6.07, 6.45) is 1.58. The summed E-state index contributed by atoms with van der Waals surface area (Å²) in [5, 5.41) is 5.26. The number of hydrogen-bond acceptors (Lipinski definition) is 4. The number of benzene rings is 2. The number of fused-ring (bicyclic) bond motifs is 1. The minimum Gasteiger partial charge on any atom is -0.457 e. The highest BCUT2D eigenvalue weighted by molar-refractivity contribution is 6.29. The molecule has 6 nitrogen and oxygen atoms in total. The Morgan fingerprint density at radius 1 is 1.19 bits per heavy atom. The lowest BCUT2D eigenvalue weighted by Crippen LogP contribution is -2.26. The van der Waals surface area contributed by atoms with E-state index in [1.807, 2.05) is 36.4 Å². The topological polar surface area (TPSA) is 73.2 Å². The molecule has 0 aliphatic carbocycles. The van der Waals surface area contributed by atoms with Crippen molar-refractivity contribution in [3.8, 4) is 0 Å². The van der Waals surface area contributed by atoms with Crippen LogP contribution in [0.1, 0.15) is 22.6 Å². The molecule has 0 saturated carbocycles. The Balaban J connectivity index is 1.46. The number of carbonyl (C=O) groups excluding carboxylic acids is 2. The van der Waals surface area contributed by atoms with Gasteiger partial charge in [-0.25, -0.2) is 4.98 Å². The number of aromatic nitrogens is 2. The number of carbonyl (C=O) groups is 2. The Labute approximate surface area is 155 Å². The highest BCUT2D eigenvalue weighted by atomic mass is 35.5. The SMILES string of the molecule is Cn1c(Cl)cnc1COC(=O)CCNC(=O)c1ccc2ccccc2c1. The molecule has 1 N–H and O–H groups in total. The fourth-order valence-corrected chi connectivity index (χ4v) is 2.63. The van der Waals surface area contributed by atoms with Crippen LogP contribution in [-0.2, 0) is 23.2 Å². The van der Waals surface area contributed by atoms with Crippen LogP contribution in [-0.4, -0.2) is 28.0 Å². The van der Waals surface area contributed by atoms with Crippen LogP contribution in [0.25, 0.3) is 10.8 Å². The second-order valence-electron chi connectivity index (χ2n) is 5.78. The number of nitrogens with zero attached hydrogens (tertiary/aromatic N) is 2. The van der Waals surface area contributed by atoms with Crippen LogP contribution in [0.3, 0.4) is 0 Å². The first kappa shape index (κ1) is 17.9. The predicted octanol–water partition coefficient (Wildman–Crippen LogP) is 3.09. The zero-order valence-corrected chi connectivity index (χ0v) is 15.0. The molecule has 0 saturated heterocycles. The van der Waals surface area contributed by atoms with Gasteiger partial charge in [0.15, 0.2) is 0 Å². The number of nitrogens with one attached hydrogen (secondary N) is 1. The number of imidazole rings is 1. The van der Waals surface area contributed by atoms with Crippen molar-refractivity contribution < 1.29 is 14.3 Å². The Kier molecular flexibility index (Phi) is 5.53. The first-order valence-corrected chi connectivity index (χ1v) is 8.51. The molecule has 0 unspecified atom stereocenters. The maximum atomic E-state index is 12.2. The summed E-state index contributed by atoms with van der Waals surface area (Å²) in [7, 11) is 1.74. The van der Waals surface area contributed by atoms with Crippen molar-refractivity contribution in [2.75, 3.05) is 6.54 Å². The molecule has 0 fully saturated rings. The molecule has 0 radical (unpaired) electrons. The molecule has 3 rings (SSSR count). The van der Waals surface area contributed by atoms with E-state index in [9.17, 15) is 9.59 Å². The molecule has 134 valence electrons. The lowest BCUT2D eigenvalue weighted by Gasteiger charge is -2.07. The van der Waals surface area contributed by atoms with E-state index in [0.29, 0.717) is 16.5 Å². The summed E-state index contributed by atoms with van der Waals surface area (Å²) in [5.41, 5.74) is 0.555. The molecule has 0 aliphatic rings. The summed E-state index contributed by atoms with van der Waals surface area (Å²) >= 11 is 5.87. The van der Waals surface area contributed by atoms with Gasteiger partial charge in [-0.3, -0.25) is 9.59 Å². The summed E-state index contributed by atoms with van der Waals surface area (Å²) in [4.78, 5) is 28.0. The largest absolute Gasteiger partial charge is 0.457 e. The minimum atomic E-state index is -0.414. The summed E-state index contributed by atoms with van der Waals surface area (Å²) in [6, 6.07) is 13.3. The van der Waals surface area contributed by atoms with E-state index in [2.05, 4.69) is 10.3 Å². The van der Waals surface area contributed by atoms with E-state index in [1.54, 1.807) is 17.7 Å². The first-order valence-electron chi connectivity index (χ1n) is 8.13. The van der Waals surface area contributed by atoms with Gasteiger partial charge in [0.1, 0.15) is 17.6 Å². The fourth-order valence-electron chi connectivity index (χ4n) is 2.49. The molecule has 26 heavy (non-hydrogen) atoms. The Morgan fingerprint density at radius 2 is 1.96 bits per heavy atom. The molecule has 2 aromatic carbocycles. The van der Waals surface area contributed by atoms with Gasteiger partial charge in [0, 0.05) is 19.2 Å². The summed E-state index contributed by atoms with van der Waals surface area (Å²) in [6.45, 7) is 0.243. The van der Waals surface area contributed by atoms with Crippen LogP contribution in [0.15, 0.2) is 48.7 Å². The average molecular weight is 372 g/mol. The molecule has 0 spiro atoms. The minimum absolute atomic E-state index is 0.0423. The Morgan fingerprint density at radius 3 is 2.69 bits per heavy atom. The van der Waals surface area contributed by atoms with Crippen LogP contribution < -0.4 is 5.32 Å². The van der Waals surface area contributed by atoms with Gasteiger partial charge in [-0.1, -0.05) is 41.9 Å². The van der Waals surface area contributed by atoms with Crippen molar-refractivity contribution in [3.05, 3.63) is 65.2 Å². The number of esters is 1. The highest BCUT2D eigenvalue weighted by Gasteiger charge is 2.10. The van der Waals surface area contributed by atoms with E-state index < -0.39 is 5.97 Å². The lowest BCUT2D eigenvalue weighted by atomic mass is 10.1. The third-order valence-electron chi connectivity index (χ3n) is 4.02. The molecule has 7 heteroatoms. The normalized spacial score (nSPS) is 10.7. The smallest absolute Gasteiger partial charge is 0.308 e. The lowest BCUT2D eigenvalue weighted by molar-refractivity contribution is -0.145. The standard InChI is InChI=1S/C19H18ClN3O3/c1-23-16(20)11-22-17(23)12-26-18(24)8-9-21-19(25)15-7-6-13-4-2-3-5-14(13)10-15/h2-7,10-11H,8-9,12H2,1H3,(H,21,25). The van der Waals surface area contributed by atoms with E-state index in [0.717, 1.165) is 10.8 Å². The van der Waals surface area contributed by atoms with E-state index in [1.165, 1.54) is 6.20 Å². The van der Waals surface area contributed by atoms with Gasteiger partial charge in [0.2, 0.25) is 0 Å². The zero-order valence-electron chi connectivity index (χ0n) is 14.2. The average Bonchev–Trinajstić information content (AvgIpc) is 2.98. The first-order chi connectivity index (χ1) is 12.5. The number of halogens is 1. The van der Waals surface area contributed by atoms with Gasteiger partial charge < -0.3 is 14.6 Å². The summed E-state index contributed by atoms with van der Waals surface area (Å²) < 4.78 is 6.77. The molecule has 0 atom stereocenters. The highest BCUT2D eigenvalue weighted by Crippen LogP contribution is 2.15. The molecule has 1 aromatic heterocycles. The van der Waals surface area contributed by atoms with Gasteiger partial charge in [0.05, 0.1) is 12.6 Å². The maximum Gasteiger partial charge on any atom is 0.308 e. The van der Waals surface area contributed by atoms with Gasteiger partial charge in [-0.15, -0.1) is 0 Å². The van der Waals surface area contributed by atoms with Crippen molar-refractivity contribution in [2.24, 2.45) is 7.05 Å². The van der Waals surface area contributed by atoms with Gasteiger partial charge in [-0.05, 0) is 22.9 Å². The van der Waals surface area contributed by atoms with Gasteiger partial charge in [-0.2, -0.15) is 0 Å². The van der Waals surface area contributed by atoms with Crippen LogP contribution in [0.4, 0.5) is 0 Å². The Bertz CT molecular complexity index is 952. The van der Waals surface area contributed by atoms with Crippen LogP contribution >= 0.6 is 11.6 Å². The molecule has 0 aliphatic heterocycles. The van der Waals surface area contributed by atoms with Crippen LogP contribution in [0.5, 0.6) is 0 Å². The molecule has 3 aromatic rings. The van der Waals surface area contributed by atoms with Crippen molar-refractivity contribution in [3.63, 3.8) is 0 Å². The third kappa shape index (κ3) is 4.21. The summed E-state index contributed by atoms with van der Waals surface area (Å²) in [5.74, 6) is -0.0779. The second kappa shape index (κ2) is 8.01. The third-order valence-corrected chi connectivity index (χ3v) is 4.37. The van der Waals surface area contributed by atoms with Crippen LogP contribution in [0, 0.1) is 0 Å². The zero-order chi connectivity index (χ0) is 18.5. The van der Waals surface area contributed by atoms with Gasteiger partial charge in [0.25, 0.3) is 5.91 Å². The number of amides is 1. The molecule has 1 heterocycles. The van der Waals surface area contributed by atoms with Crippen molar-refractivity contribution in [2.45, 2.75) is 13.0 Å². The predicted molar refractivity (Wildman–Crippen MR) is 98.9 cm³/mol. The molecular formula is C19H18ClN3O3. The molecule has 1 amide bonds. The van der Waals surface area contributed by atoms with Crippen molar-refractivity contribution in [1.29, 1.82) is 0 Å². The number of ether oxygens (including phenoxy) is 1. The van der Waals surface area contributed by atoms with E-state index in [4.69, 9.17) is 16.3 Å². The number of hydrogen-bond donors (Lipinski definition) is 1. The quantitative estimate of drug-likeness (QED) is 0.676. The monoisotopic (exact) mass is 371 g/mol. The number of rotatable bonds is 6.